The van der Waals surface area contributed by atoms with Crippen molar-refractivity contribution in [3.05, 3.63) is 51.7 Å². The van der Waals surface area contributed by atoms with Crippen LogP contribution >= 0.6 is 46.9 Å². The molecule has 1 unspecified atom stereocenters. The molecule has 0 aliphatic rings. The number of rotatable bonds is 8. The summed E-state index contributed by atoms with van der Waals surface area (Å²) in [6.45, 7) is 3.53. The van der Waals surface area contributed by atoms with Crippen LogP contribution in [0.2, 0.25) is 5.02 Å². The highest BCUT2D eigenvalue weighted by molar-refractivity contribution is 14.0. The summed E-state index contributed by atoms with van der Waals surface area (Å²) in [5.41, 5.74) is 0. The lowest BCUT2D eigenvalue weighted by atomic mass is 10.1. The molecule has 0 spiro atoms. The van der Waals surface area contributed by atoms with E-state index in [0.717, 1.165) is 6.54 Å². The first-order chi connectivity index (χ1) is 12.4. The number of sulfonamides is 1. The fourth-order valence-corrected chi connectivity index (χ4v) is 4.35. The Morgan fingerprint density at radius 3 is 2.63 bits per heavy atom. The van der Waals surface area contributed by atoms with Gasteiger partial charge in [-0.15, -0.1) is 35.3 Å². The summed E-state index contributed by atoms with van der Waals surface area (Å²) in [5, 5.41) is 8.79. The first-order valence-electron chi connectivity index (χ1n) is 8.15. The predicted octanol–water partition coefficient (Wildman–Crippen LogP) is 3.27. The van der Waals surface area contributed by atoms with Gasteiger partial charge in [0.15, 0.2) is 5.96 Å². The quantitative estimate of drug-likeness (QED) is 0.207. The van der Waals surface area contributed by atoms with Crippen molar-refractivity contribution >= 4 is 62.9 Å². The summed E-state index contributed by atoms with van der Waals surface area (Å²) >= 11 is 7.57. The molecule has 2 aromatic rings. The second kappa shape index (κ2) is 11.8. The topological polar surface area (TPSA) is 82.6 Å². The van der Waals surface area contributed by atoms with E-state index < -0.39 is 10.0 Å². The van der Waals surface area contributed by atoms with Crippen molar-refractivity contribution in [1.29, 1.82) is 0 Å². The molecule has 2 rings (SSSR count). The molecule has 0 aliphatic carbocycles. The molecule has 0 radical (unpaired) electrons. The Hall–Kier alpha value is -0.880. The Labute approximate surface area is 186 Å². The highest BCUT2D eigenvalue weighted by atomic mass is 127. The monoisotopic (exact) mass is 542 g/mol. The normalized spacial score (nSPS) is 12.9. The highest BCUT2D eigenvalue weighted by Gasteiger charge is 2.13. The Morgan fingerprint density at radius 2 is 2.00 bits per heavy atom. The molecular weight excluding hydrogens is 519 g/mol. The lowest BCUT2D eigenvalue weighted by Crippen LogP contribution is -2.42. The minimum Gasteiger partial charge on any atom is -0.356 e. The van der Waals surface area contributed by atoms with Crippen LogP contribution in [0.15, 0.2) is 51.7 Å². The van der Waals surface area contributed by atoms with E-state index in [1.165, 1.54) is 17.0 Å². The van der Waals surface area contributed by atoms with Gasteiger partial charge in [0.2, 0.25) is 10.0 Å². The van der Waals surface area contributed by atoms with Gasteiger partial charge in [-0.2, -0.15) is 0 Å². The number of hydrogen-bond donors (Lipinski definition) is 3. The molecule has 0 amide bonds. The number of aliphatic imine (C=N–C) groups is 1. The molecule has 1 aromatic heterocycles. The fraction of sp³-hybridized carbons (Fsp3) is 0.353. The van der Waals surface area contributed by atoms with Gasteiger partial charge < -0.3 is 10.6 Å². The van der Waals surface area contributed by atoms with Crippen LogP contribution in [0.1, 0.15) is 17.7 Å². The molecule has 0 fully saturated rings. The third-order valence-electron chi connectivity index (χ3n) is 3.64. The first kappa shape index (κ1) is 24.2. The van der Waals surface area contributed by atoms with Crippen molar-refractivity contribution in [2.24, 2.45) is 4.99 Å². The zero-order valence-corrected chi connectivity index (χ0v) is 19.8. The van der Waals surface area contributed by atoms with Crippen molar-refractivity contribution in [3.8, 4) is 0 Å². The molecular formula is C17H24ClIN4O2S2. The minimum atomic E-state index is -3.58. The average molecular weight is 543 g/mol. The molecule has 0 saturated heterocycles. The number of thiophene rings is 1. The Balaban J connectivity index is 0.00000364. The van der Waals surface area contributed by atoms with Crippen LogP contribution in [-0.2, 0) is 10.0 Å². The van der Waals surface area contributed by atoms with E-state index in [1.54, 1.807) is 30.5 Å². The highest BCUT2D eigenvalue weighted by Crippen LogP contribution is 2.19. The van der Waals surface area contributed by atoms with Gasteiger partial charge in [0.25, 0.3) is 0 Å². The van der Waals surface area contributed by atoms with Gasteiger partial charge in [-0.3, -0.25) is 4.99 Å². The smallest absolute Gasteiger partial charge is 0.240 e. The minimum absolute atomic E-state index is 0. The molecule has 150 valence electrons. The number of nitrogens with one attached hydrogen (secondary N) is 3. The zero-order chi connectivity index (χ0) is 19.0. The average Bonchev–Trinajstić information content (AvgIpc) is 3.15. The number of nitrogens with zero attached hydrogens (tertiary/aromatic N) is 1. The van der Waals surface area contributed by atoms with Crippen LogP contribution in [-0.4, -0.2) is 41.1 Å². The molecule has 0 saturated carbocycles. The van der Waals surface area contributed by atoms with E-state index >= 15 is 0 Å². The Bertz CT molecular complexity index is 829. The van der Waals surface area contributed by atoms with Crippen LogP contribution < -0.4 is 15.4 Å². The van der Waals surface area contributed by atoms with Crippen molar-refractivity contribution in [3.63, 3.8) is 0 Å². The van der Waals surface area contributed by atoms with Crippen LogP contribution in [0.3, 0.4) is 0 Å². The SMILES string of the molecule is CN=C(NCCNS(=O)(=O)c1cccc(Cl)c1)NCC(C)c1cccs1.I. The van der Waals surface area contributed by atoms with Gasteiger partial charge in [-0.25, -0.2) is 13.1 Å². The second-order valence-electron chi connectivity index (χ2n) is 5.65. The van der Waals surface area contributed by atoms with Crippen LogP contribution in [0.4, 0.5) is 0 Å². The maximum absolute atomic E-state index is 12.2. The van der Waals surface area contributed by atoms with E-state index in [4.69, 9.17) is 11.6 Å². The lowest BCUT2D eigenvalue weighted by molar-refractivity contribution is 0.580. The maximum atomic E-state index is 12.2. The van der Waals surface area contributed by atoms with Gasteiger partial charge in [0.1, 0.15) is 0 Å². The first-order valence-corrected chi connectivity index (χ1v) is 10.9. The number of benzene rings is 1. The molecule has 6 nitrogen and oxygen atoms in total. The van der Waals surface area contributed by atoms with Crippen LogP contribution in [0.5, 0.6) is 0 Å². The van der Waals surface area contributed by atoms with Gasteiger partial charge in [0.05, 0.1) is 4.90 Å². The van der Waals surface area contributed by atoms with Gasteiger partial charge in [0, 0.05) is 42.5 Å². The summed E-state index contributed by atoms with van der Waals surface area (Å²) in [5.74, 6) is 1.00. The van der Waals surface area contributed by atoms with Crippen molar-refractivity contribution in [1.82, 2.24) is 15.4 Å². The van der Waals surface area contributed by atoms with Crippen molar-refractivity contribution in [2.45, 2.75) is 17.7 Å². The van der Waals surface area contributed by atoms with E-state index in [2.05, 4.69) is 38.7 Å². The maximum Gasteiger partial charge on any atom is 0.240 e. The lowest BCUT2D eigenvalue weighted by Gasteiger charge is -2.15. The standard InChI is InChI=1S/C17H23ClN4O2S2.HI/c1-13(16-7-4-10-25-16)12-21-17(19-2)20-8-9-22-26(23,24)15-6-3-5-14(18)11-15;/h3-7,10-11,13,22H,8-9,12H2,1-2H3,(H2,19,20,21);1H. The summed E-state index contributed by atoms with van der Waals surface area (Å²) < 4.78 is 26.9. The summed E-state index contributed by atoms with van der Waals surface area (Å²) in [6, 6.07) is 10.3. The van der Waals surface area contributed by atoms with Gasteiger partial charge >= 0.3 is 0 Å². The Morgan fingerprint density at radius 1 is 1.22 bits per heavy atom. The van der Waals surface area contributed by atoms with E-state index in [0.29, 0.717) is 23.4 Å². The van der Waals surface area contributed by atoms with E-state index in [9.17, 15) is 8.42 Å². The van der Waals surface area contributed by atoms with E-state index in [1.807, 2.05) is 6.07 Å². The molecule has 1 aromatic carbocycles. The number of hydrogen-bond acceptors (Lipinski definition) is 4. The number of halogens is 2. The molecule has 27 heavy (non-hydrogen) atoms. The van der Waals surface area contributed by atoms with Crippen LogP contribution in [0.25, 0.3) is 0 Å². The third-order valence-corrected chi connectivity index (χ3v) is 6.44. The molecule has 0 aliphatic heterocycles. The Kier molecular flexibility index (Phi) is 10.6. The summed E-state index contributed by atoms with van der Waals surface area (Å²) in [7, 11) is -1.89. The van der Waals surface area contributed by atoms with Gasteiger partial charge in [-0.1, -0.05) is 30.7 Å². The van der Waals surface area contributed by atoms with E-state index in [-0.39, 0.29) is 35.4 Å². The molecule has 1 heterocycles. The molecule has 1 atom stereocenters. The van der Waals surface area contributed by atoms with Crippen molar-refractivity contribution in [2.75, 3.05) is 26.7 Å². The predicted molar refractivity (Wildman–Crippen MR) is 124 cm³/mol. The third kappa shape index (κ3) is 7.94. The fourth-order valence-electron chi connectivity index (χ4n) is 2.23. The van der Waals surface area contributed by atoms with Gasteiger partial charge in [-0.05, 0) is 29.6 Å². The van der Waals surface area contributed by atoms with Crippen LogP contribution in [0, 0.1) is 0 Å². The largest absolute Gasteiger partial charge is 0.356 e. The second-order valence-corrected chi connectivity index (χ2v) is 8.83. The molecule has 10 heteroatoms. The number of guanidine groups is 1. The van der Waals surface area contributed by atoms with Crippen molar-refractivity contribution < 1.29 is 8.42 Å². The summed E-state index contributed by atoms with van der Waals surface area (Å²) in [6.07, 6.45) is 0. The molecule has 0 bridgehead atoms. The molecule has 3 N–H and O–H groups in total. The summed E-state index contributed by atoms with van der Waals surface area (Å²) in [4.78, 5) is 5.61. The zero-order valence-electron chi connectivity index (χ0n) is 15.1.